The number of aromatic nitrogens is 3. The number of benzene rings is 3. The van der Waals surface area contributed by atoms with Gasteiger partial charge in [0, 0.05) is 23.0 Å². The number of nitrogens with zero attached hydrogens (tertiary/aromatic N) is 3. The van der Waals surface area contributed by atoms with Crippen LogP contribution in [0.15, 0.2) is 77.5 Å². The fraction of sp³-hybridized carbons (Fsp3) is 0.0833. The van der Waals surface area contributed by atoms with Crippen LogP contribution in [0.25, 0.3) is 49.9 Å². The highest BCUT2D eigenvalue weighted by molar-refractivity contribution is 6.09. The van der Waals surface area contributed by atoms with Crippen molar-refractivity contribution >= 4 is 38.5 Å². The number of hydrogen-bond donors (Lipinski definition) is 0. The molecule has 6 rings (SSSR count). The minimum Gasteiger partial charge on any atom is -0.416 e. The molecule has 0 fully saturated rings. The second-order valence-electron chi connectivity index (χ2n) is 7.34. The molecule has 4 heteroatoms. The minimum absolute atomic E-state index is 0.829. The quantitative estimate of drug-likeness (QED) is 0.297. The Morgan fingerprint density at radius 3 is 2.68 bits per heavy atom. The summed E-state index contributed by atoms with van der Waals surface area (Å²) in [5, 5.41) is 3.45. The van der Waals surface area contributed by atoms with Gasteiger partial charge in [-0.3, -0.25) is 4.98 Å². The summed E-state index contributed by atoms with van der Waals surface area (Å²) in [5.74, 6) is 1.10. The zero-order valence-electron chi connectivity index (χ0n) is 15.7. The molecule has 0 amide bonds. The molecular weight excluding hydrogens is 346 g/mol. The lowest BCUT2D eigenvalue weighted by Gasteiger charge is -2.03. The zero-order chi connectivity index (χ0) is 18.8. The van der Waals surface area contributed by atoms with Crippen LogP contribution in [-0.4, -0.2) is 9.38 Å². The van der Waals surface area contributed by atoms with E-state index in [0.717, 1.165) is 38.9 Å². The summed E-state index contributed by atoms with van der Waals surface area (Å²) >= 11 is 0. The van der Waals surface area contributed by atoms with Crippen molar-refractivity contribution in [1.29, 1.82) is 0 Å². The second kappa shape index (κ2) is 5.42. The van der Waals surface area contributed by atoms with Gasteiger partial charge in [-0.25, -0.2) is 4.57 Å². The standard InChI is InChI=1S/C24H18N3O/c1-15-7-3-5-9-17(15)24-26(2)14-23-27(24)21-12-20-19(11-22(21)28-23)18-10-6-4-8-16(18)13-25-20/h3-14H,1-2H3/q+1. The van der Waals surface area contributed by atoms with Gasteiger partial charge in [-0.05, 0) is 30.0 Å². The normalized spacial score (nSPS) is 11.9. The molecule has 0 N–H and O–H groups in total. The highest BCUT2D eigenvalue weighted by Gasteiger charge is 2.26. The molecule has 6 aromatic rings. The van der Waals surface area contributed by atoms with Crippen LogP contribution in [0.2, 0.25) is 0 Å². The van der Waals surface area contributed by atoms with Gasteiger partial charge in [-0.1, -0.05) is 42.5 Å². The Bertz CT molecular complexity index is 1540. The summed E-state index contributed by atoms with van der Waals surface area (Å²) in [5.41, 5.74) is 6.13. The lowest BCUT2D eigenvalue weighted by Crippen LogP contribution is -2.28. The van der Waals surface area contributed by atoms with Gasteiger partial charge in [0.1, 0.15) is 0 Å². The van der Waals surface area contributed by atoms with Gasteiger partial charge in [0.25, 0.3) is 5.82 Å². The van der Waals surface area contributed by atoms with Crippen molar-refractivity contribution in [3.63, 3.8) is 0 Å². The van der Waals surface area contributed by atoms with E-state index in [0.29, 0.717) is 0 Å². The fourth-order valence-corrected chi connectivity index (χ4v) is 4.23. The summed E-state index contributed by atoms with van der Waals surface area (Å²) in [7, 11) is 2.06. The van der Waals surface area contributed by atoms with Crippen LogP contribution in [0, 0.1) is 6.92 Å². The average Bonchev–Trinajstić information content (AvgIpc) is 3.21. The zero-order valence-corrected chi connectivity index (χ0v) is 15.7. The molecule has 0 bridgehead atoms. The Morgan fingerprint density at radius 2 is 1.79 bits per heavy atom. The van der Waals surface area contributed by atoms with Crippen LogP contribution in [0.4, 0.5) is 0 Å². The van der Waals surface area contributed by atoms with E-state index in [2.05, 4.69) is 77.5 Å². The Hall–Kier alpha value is -3.66. The third kappa shape index (κ3) is 2.00. The maximum atomic E-state index is 6.25. The summed E-state index contributed by atoms with van der Waals surface area (Å²) in [6.07, 6.45) is 3.98. The lowest BCUT2D eigenvalue weighted by molar-refractivity contribution is -0.658. The molecule has 0 aliphatic rings. The first-order chi connectivity index (χ1) is 13.7. The largest absolute Gasteiger partial charge is 0.416 e. The van der Waals surface area contributed by atoms with E-state index in [1.807, 2.05) is 18.5 Å². The third-order valence-corrected chi connectivity index (χ3v) is 5.58. The summed E-state index contributed by atoms with van der Waals surface area (Å²) in [4.78, 5) is 4.71. The molecule has 28 heavy (non-hydrogen) atoms. The minimum atomic E-state index is 0.829. The highest BCUT2D eigenvalue weighted by Crippen LogP contribution is 2.32. The van der Waals surface area contributed by atoms with Crippen molar-refractivity contribution in [3.05, 3.63) is 78.6 Å². The van der Waals surface area contributed by atoms with Gasteiger partial charge in [-0.2, -0.15) is 4.40 Å². The molecule has 4 nitrogen and oxygen atoms in total. The molecule has 3 aromatic carbocycles. The SMILES string of the molecule is Cc1ccccc1-c1n2c(c[n+]1C)oc1cc3c(cc12)ncc1ccccc13. The van der Waals surface area contributed by atoms with E-state index in [1.165, 1.54) is 16.5 Å². The molecule has 0 aliphatic carbocycles. The molecule has 3 heterocycles. The average molecular weight is 364 g/mol. The van der Waals surface area contributed by atoms with Crippen molar-refractivity contribution < 1.29 is 8.98 Å². The lowest BCUT2D eigenvalue weighted by atomic mass is 10.1. The first-order valence-electron chi connectivity index (χ1n) is 9.38. The van der Waals surface area contributed by atoms with Gasteiger partial charge in [0.05, 0.1) is 18.1 Å². The van der Waals surface area contributed by atoms with Crippen molar-refractivity contribution in [3.8, 4) is 11.4 Å². The number of aryl methyl sites for hydroxylation is 2. The van der Waals surface area contributed by atoms with Crippen molar-refractivity contribution in [2.75, 3.05) is 0 Å². The number of imidazole rings is 1. The van der Waals surface area contributed by atoms with E-state index in [4.69, 9.17) is 9.40 Å². The van der Waals surface area contributed by atoms with E-state index < -0.39 is 0 Å². The summed E-state index contributed by atoms with van der Waals surface area (Å²) in [6.45, 7) is 2.14. The van der Waals surface area contributed by atoms with E-state index in [1.54, 1.807) is 0 Å². The molecule has 0 aliphatic heterocycles. The predicted molar refractivity (Wildman–Crippen MR) is 111 cm³/mol. The van der Waals surface area contributed by atoms with E-state index >= 15 is 0 Å². The van der Waals surface area contributed by atoms with Gasteiger partial charge >= 0.3 is 5.71 Å². The highest BCUT2D eigenvalue weighted by atomic mass is 16.3. The van der Waals surface area contributed by atoms with Gasteiger partial charge in [-0.15, -0.1) is 0 Å². The summed E-state index contributed by atoms with van der Waals surface area (Å²) in [6, 6.07) is 21.0. The van der Waals surface area contributed by atoms with Gasteiger partial charge in [0.2, 0.25) is 0 Å². The molecule has 3 aromatic heterocycles. The molecule has 0 saturated heterocycles. The monoisotopic (exact) mass is 364 g/mol. The summed E-state index contributed by atoms with van der Waals surface area (Å²) < 4.78 is 10.6. The van der Waals surface area contributed by atoms with Crippen LogP contribution in [0.5, 0.6) is 0 Å². The van der Waals surface area contributed by atoms with E-state index in [-0.39, 0.29) is 0 Å². The third-order valence-electron chi connectivity index (χ3n) is 5.58. The Morgan fingerprint density at radius 1 is 0.964 bits per heavy atom. The van der Waals surface area contributed by atoms with E-state index in [9.17, 15) is 0 Å². The van der Waals surface area contributed by atoms with Crippen LogP contribution in [-0.2, 0) is 7.05 Å². The molecule has 134 valence electrons. The van der Waals surface area contributed by atoms with Crippen molar-refractivity contribution in [2.24, 2.45) is 7.05 Å². The Kier molecular flexibility index (Phi) is 2.98. The van der Waals surface area contributed by atoms with Gasteiger partial charge in [0.15, 0.2) is 17.3 Å². The second-order valence-corrected chi connectivity index (χ2v) is 7.34. The van der Waals surface area contributed by atoms with Crippen LogP contribution in [0.3, 0.4) is 0 Å². The van der Waals surface area contributed by atoms with Crippen LogP contribution < -0.4 is 4.57 Å². The Balaban J connectivity index is 1.76. The molecule has 0 unspecified atom stereocenters. The molecule has 0 saturated carbocycles. The maximum absolute atomic E-state index is 6.25. The maximum Gasteiger partial charge on any atom is 0.336 e. The smallest absolute Gasteiger partial charge is 0.336 e. The number of oxazole rings is 1. The molecular formula is C24H18N3O+. The van der Waals surface area contributed by atoms with Crippen molar-refractivity contribution in [1.82, 2.24) is 9.38 Å². The number of hydrogen-bond acceptors (Lipinski definition) is 2. The predicted octanol–water partition coefficient (Wildman–Crippen LogP) is 5.19. The van der Waals surface area contributed by atoms with Crippen molar-refractivity contribution in [2.45, 2.75) is 6.92 Å². The van der Waals surface area contributed by atoms with Crippen LogP contribution >= 0.6 is 0 Å². The topological polar surface area (TPSA) is 34.3 Å². The molecule has 0 atom stereocenters. The fourth-order valence-electron chi connectivity index (χ4n) is 4.23. The molecule has 0 spiro atoms. The number of pyridine rings is 1. The molecule has 0 radical (unpaired) electrons. The Labute approximate surface area is 161 Å². The number of rotatable bonds is 1. The van der Waals surface area contributed by atoms with Gasteiger partial charge < -0.3 is 4.42 Å². The number of fused-ring (bicyclic) bond motifs is 6. The first-order valence-corrected chi connectivity index (χ1v) is 9.38. The first kappa shape index (κ1) is 15.4. The van der Waals surface area contributed by atoms with Crippen LogP contribution in [0.1, 0.15) is 5.56 Å².